The van der Waals surface area contributed by atoms with Gasteiger partial charge in [-0.1, -0.05) is 43.6 Å². The molecule has 2 aliphatic heterocycles. The summed E-state index contributed by atoms with van der Waals surface area (Å²) >= 11 is 5.98. The van der Waals surface area contributed by atoms with Gasteiger partial charge in [-0.2, -0.15) is 0 Å². The number of rotatable bonds is 4. The molecule has 0 aliphatic carbocycles. The third kappa shape index (κ3) is 5.16. The molecule has 1 aromatic heterocycles. The van der Waals surface area contributed by atoms with Crippen molar-refractivity contribution < 1.29 is 9.59 Å². The second-order valence-corrected chi connectivity index (χ2v) is 10.0. The Morgan fingerprint density at radius 1 is 1.06 bits per heavy atom. The fourth-order valence-electron chi connectivity index (χ4n) is 5.42. The Hall–Kier alpha value is -2.83. The summed E-state index contributed by atoms with van der Waals surface area (Å²) in [6, 6.07) is 14.4. The summed E-state index contributed by atoms with van der Waals surface area (Å²) in [7, 11) is 2.09. The van der Waals surface area contributed by atoms with Crippen LogP contribution in [-0.2, 0) is 36.0 Å². The van der Waals surface area contributed by atoms with Crippen LogP contribution in [-0.4, -0.2) is 58.4 Å². The summed E-state index contributed by atoms with van der Waals surface area (Å²) in [6.45, 7) is 11.2. The Balaban J connectivity index is 0.00000148. The molecule has 6 nitrogen and oxygen atoms in total. The van der Waals surface area contributed by atoms with Gasteiger partial charge in [-0.25, -0.2) is 0 Å². The van der Waals surface area contributed by atoms with E-state index >= 15 is 0 Å². The molecular weight excluding hydrogens is 472 g/mol. The smallest absolute Gasteiger partial charge is 0.241 e. The van der Waals surface area contributed by atoms with E-state index in [1.165, 1.54) is 22.2 Å². The molecule has 0 spiro atoms. The Bertz CT molecular complexity index is 1250. The van der Waals surface area contributed by atoms with Gasteiger partial charge in [-0.3, -0.25) is 14.5 Å². The summed E-state index contributed by atoms with van der Waals surface area (Å²) in [6.07, 6.45) is 1.75. The van der Waals surface area contributed by atoms with Crippen molar-refractivity contribution >= 4 is 40.0 Å². The maximum atomic E-state index is 13.1. The number of benzene rings is 2. The lowest BCUT2D eigenvalue weighted by Crippen LogP contribution is -2.50. The van der Waals surface area contributed by atoms with E-state index in [1.807, 2.05) is 47.9 Å². The first kappa shape index (κ1) is 26.2. The van der Waals surface area contributed by atoms with Crippen LogP contribution >= 0.6 is 11.6 Å². The molecule has 7 heteroatoms. The van der Waals surface area contributed by atoms with Gasteiger partial charge >= 0.3 is 0 Å². The average Bonchev–Trinajstić information content (AvgIpc) is 3.14. The molecule has 2 aromatic carbocycles. The topological polar surface area (TPSA) is 48.8 Å². The highest BCUT2D eigenvalue weighted by atomic mass is 35.5. The minimum Gasteiger partial charge on any atom is -0.347 e. The van der Waals surface area contributed by atoms with Gasteiger partial charge in [0.25, 0.3) is 0 Å². The fraction of sp³-hybridized carbons (Fsp3) is 0.448. The van der Waals surface area contributed by atoms with Gasteiger partial charge in [0.15, 0.2) is 0 Å². The molecular formula is C29H37ClN4O2. The van der Waals surface area contributed by atoms with Gasteiger partial charge in [0.05, 0.1) is 12.1 Å². The molecule has 2 aliphatic rings. The normalized spacial score (nSPS) is 18.2. The lowest BCUT2D eigenvalue weighted by Gasteiger charge is -2.34. The number of hydrogen-bond donors (Lipinski definition) is 0. The maximum absolute atomic E-state index is 13.1. The zero-order valence-electron chi connectivity index (χ0n) is 22.1. The Labute approximate surface area is 219 Å². The van der Waals surface area contributed by atoms with E-state index in [2.05, 4.69) is 41.6 Å². The molecule has 2 amide bonds. The maximum Gasteiger partial charge on any atom is 0.241 e. The van der Waals surface area contributed by atoms with Crippen molar-refractivity contribution in [2.75, 3.05) is 31.1 Å². The zero-order valence-corrected chi connectivity index (χ0v) is 22.8. The number of nitrogens with zero attached hydrogens (tertiary/aromatic N) is 4. The number of carbonyl (C=O) groups is 2. The minimum absolute atomic E-state index is 0.117. The van der Waals surface area contributed by atoms with Gasteiger partial charge in [0, 0.05) is 80.0 Å². The van der Waals surface area contributed by atoms with Crippen LogP contribution < -0.4 is 4.90 Å². The van der Waals surface area contributed by atoms with Crippen LogP contribution in [0.5, 0.6) is 0 Å². The molecule has 1 atom stereocenters. The first-order chi connectivity index (χ1) is 17.3. The van der Waals surface area contributed by atoms with Crippen molar-refractivity contribution in [1.82, 2.24) is 14.4 Å². The monoisotopic (exact) mass is 508 g/mol. The molecule has 1 fully saturated rings. The van der Waals surface area contributed by atoms with Crippen LogP contribution in [0.4, 0.5) is 5.69 Å². The molecule has 0 bridgehead atoms. The van der Waals surface area contributed by atoms with Crippen LogP contribution in [0.2, 0.25) is 5.02 Å². The Morgan fingerprint density at radius 2 is 1.78 bits per heavy atom. The Morgan fingerprint density at radius 3 is 2.44 bits per heavy atom. The first-order valence-corrected chi connectivity index (χ1v) is 13.3. The second kappa shape index (κ2) is 11.1. The number of piperazine rings is 1. The van der Waals surface area contributed by atoms with E-state index in [-0.39, 0.29) is 17.9 Å². The van der Waals surface area contributed by atoms with E-state index in [4.69, 9.17) is 11.6 Å². The van der Waals surface area contributed by atoms with Crippen molar-refractivity contribution in [1.29, 1.82) is 0 Å². The summed E-state index contributed by atoms with van der Waals surface area (Å²) in [5.74, 6) is 0.253. The number of amides is 2. The summed E-state index contributed by atoms with van der Waals surface area (Å²) in [5, 5.41) is 1.92. The molecule has 1 saturated heterocycles. The van der Waals surface area contributed by atoms with E-state index in [9.17, 15) is 9.59 Å². The second-order valence-electron chi connectivity index (χ2n) is 9.58. The Kier molecular flexibility index (Phi) is 8.06. The summed E-state index contributed by atoms with van der Waals surface area (Å²) < 4.78 is 2.25. The van der Waals surface area contributed by atoms with Gasteiger partial charge in [0.2, 0.25) is 11.8 Å². The van der Waals surface area contributed by atoms with Crippen LogP contribution in [0.1, 0.15) is 44.5 Å². The first-order valence-electron chi connectivity index (χ1n) is 13.0. The van der Waals surface area contributed by atoms with E-state index in [0.29, 0.717) is 19.6 Å². The van der Waals surface area contributed by atoms with Crippen LogP contribution in [0.25, 0.3) is 10.9 Å². The van der Waals surface area contributed by atoms with E-state index < -0.39 is 0 Å². The predicted octanol–water partition coefficient (Wildman–Crippen LogP) is 5.04. The molecule has 0 saturated carbocycles. The van der Waals surface area contributed by atoms with Crippen molar-refractivity contribution in [3.8, 4) is 0 Å². The van der Waals surface area contributed by atoms with Gasteiger partial charge in [-0.15, -0.1) is 0 Å². The number of anilines is 1. The minimum atomic E-state index is 0.117. The van der Waals surface area contributed by atoms with Crippen LogP contribution in [0.15, 0.2) is 42.5 Å². The fourth-order valence-corrected chi connectivity index (χ4v) is 5.55. The van der Waals surface area contributed by atoms with Crippen molar-refractivity contribution in [3.05, 3.63) is 64.3 Å². The standard InChI is InChI=1S/C27H31ClN4O2.C2H6/c1-18-14-25-24(16-32(18)19(2)33)23-9-8-22(15-26(23)29(25)3)31-13-12-30(17-27(31)34)11-10-20-4-6-21(28)7-5-20;1-2/h4-9,15,18H,10-14,16-17H2,1-3H3;1-2H3. The number of halogens is 1. The zero-order chi connectivity index (χ0) is 26.0. The lowest BCUT2D eigenvalue weighted by atomic mass is 9.99. The highest BCUT2D eigenvalue weighted by Crippen LogP contribution is 2.34. The largest absolute Gasteiger partial charge is 0.347 e. The molecule has 5 rings (SSSR count). The quantitative estimate of drug-likeness (QED) is 0.496. The predicted molar refractivity (Wildman–Crippen MR) is 148 cm³/mol. The van der Waals surface area contributed by atoms with Gasteiger partial charge in [0.1, 0.15) is 0 Å². The third-order valence-electron chi connectivity index (χ3n) is 7.42. The van der Waals surface area contributed by atoms with Crippen LogP contribution in [0.3, 0.4) is 0 Å². The van der Waals surface area contributed by atoms with Crippen molar-refractivity contribution in [2.45, 2.75) is 53.1 Å². The number of hydrogen-bond acceptors (Lipinski definition) is 3. The molecule has 192 valence electrons. The number of aromatic nitrogens is 1. The van der Waals surface area contributed by atoms with Crippen molar-refractivity contribution in [3.63, 3.8) is 0 Å². The molecule has 1 unspecified atom stereocenters. The summed E-state index contributed by atoms with van der Waals surface area (Å²) in [4.78, 5) is 31.2. The van der Waals surface area contributed by atoms with E-state index in [1.54, 1.807) is 6.92 Å². The molecule has 0 radical (unpaired) electrons. The van der Waals surface area contributed by atoms with Crippen LogP contribution in [0, 0.1) is 0 Å². The highest BCUT2D eigenvalue weighted by molar-refractivity contribution is 6.30. The van der Waals surface area contributed by atoms with Gasteiger partial charge < -0.3 is 14.4 Å². The number of carbonyl (C=O) groups excluding carboxylic acids is 2. The third-order valence-corrected chi connectivity index (χ3v) is 7.67. The molecule has 0 N–H and O–H groups in total. The van der Waals surface area contributed by atoms with Crippen molar-refractivity contribution in [2.24, 2.45) is 7.05 Å². The summed E-state index contributed by atoms with van der Waals surface area (Å²) in [5.41, 5.74) is 5.82. The molecule has 3 heterocycles. The SMILES string of the molecule is CC.CC(=O)N1Cc2c(n(C)c3cc(N4CCN(CCc5ccc(Cl)cc5)CC4=O)ccc23)CC1C. The highest BCUT2D eigenvalue weighted by Gasteiger charge is 2.30. The molecule has 36 heavy (non-hydrogen) atoms. The average molecular weight is 509 g/mol. The lowest BCUT2D eigenvalue weighted by molar-refractivity contribution is -0.131. The van der Waals surface area contributed by atoms with Gasteiger partial charge in [-0.05, 0) is 43.2 Å². The number of aryl methyl sites for hydroxylation is 1. The molecule has 3 aromatic rings. The number of fused-ring (bicyclic) bond motifs is 3. The van der Waals surface area contributed by atoms with E-state index in [0.717, 1.165) is 42.2 Å².